The maximum absolute atomic E-state index is 12.6. The summed E-state index contributed by atoms with van der Waals surface area (Å²) in [5, 5.41) is 6.88. The summed E-state index contributed by atoms with van der Waals surface area (Å²) in [5.74, 6) is -0.121. The van der Waals surface area contributed by atoms with Gasteiger partial charge in [-0.3, -0.25) is 14.3 Å². The number of amides is 2. The molecule has 0 aromatic carbocycles. The van der Waals surface area contributed by atoms with E-state index in [2.05, 4.69) is 10.4 Å². The molecule has 110 valence electrons. The lowest BCUT2D eigenvalue weighted by molar-refractivity contribution is -0.116. The first-order chi connectivity index (χ1) is 9.63. The second-order valence-electron chi connectivity index (χ2n) is 5.18. The fraction of sp³-hybridized carbons (Fsp3) is 0.643. The molecule has 2 heterocycles. The lowest BCUT2D eigenvalue weighted by Gasteiger charge is -2.27. The number of carbonyl (C=O) groups is 2. The number of aryl methyl sites for hydroxylation is 1. The van der Waals surface area contributed by atoms with E-state index in [0.29, 0.717) is 17.8 Å². The summed E-state index contributed by atoms with van der Waals surface area (Å²) in [5.41, 5.74) is 0.984. The fourth-order valence-electron chi connectivity index (χ4n) is 2.47. The molecule has 6 heteroatoms. The van der Waals surface area contributed by atoms with Gasteiger partial charge in [-0.1, -0.05) is 6.92 Å². The summed E-state index contributed by atoms with van der Waals surface area (Å²) in [6.07, 6.45) is 6.04. The quantitative estimate of drug-likeness (QED) is 0.913. The van der Waals surface area contributed by atoms with Crippen LogP contribution < -0.4 is 5.32 Å². The highest BCUT2D eigenvalue weighted by atomic mass is 16.2. The number of anilines is 1. The van der Waals surface area contributed by atoms with Gasteiger partial charge < -0.3 is 10.2 Å². The topological polar surface area (TPSA) is 67.2 Å². The SMILES string of the molecule is CCCC(=O)Nc1cnn(C)c1C(=O)N1CCCCC1. The smallest absolute Gasteiger partial charge is 0.274 e. The first kappa shape index (κ1) is 14.6. The lowest BCUT2D eigenvalue weighted by Crippen LogP contribution is -2.37. The summed E-state index contributed by atoms with van der Waals surface area (Å²) >= 11 is 0. The number of aromatic nitrogens is 2. The van der Waals surface area contributed by atoms with Crippen LogP contribution >= 0.6 is 0 Å². The molecule has 0 spiro atoms. The second-order valence-corrected chi connectivity index (χ2v) is 5.18. The van der Waals surface area contributed by atoms with Crippen molar-refractivity contribution in [3.63, 3.8) is 0 Å². The zero-order valence-electron chi connectivity index (χ0n) is 12.2. The Hall–Kier alpha value is -1.85. The molecule has 1 N–H and O–H groups in total. The highest BCUT2D eigenvalue weighted by Crippen LogP contribution is 2.19. The number of nitrogens with zero attached hydrogens (tertiary/aromatic N) is 3. The highest BCUT2D eigenvalue weighted by Gasteiger charge is 2.24. The van der Waals surface area contributed by atoms with Crippen molar-refractivity contribution in [1.29, 1.82) is 0 Å². The van der Waals surface area contributed by atoms with Crippen molar-refractivity contribution in [2.75, 3.05) is 18.4 Å². The molecule has 20 heavy (non-hydrogen) atoms. The summed E-state index contributed by atoms with van der Waals surface area (Å²) in [6, 6.07) is 0. The normalized spacial score (nSPS) is 15.2. The van der Waals surface area contributed by atoms with Crippen molar-refractivity contribution >= 4 is 17.5 Å². The molecule has 1 saturated heterocycles. The van der Waals surface area contributed by atoms with Crippen molar-refractivity contribution < 1.29 is 9.59 Å². The standard InChI is InChI=1S/C14H22N4O2/c1-3-7-12(19)16-11-10-15-17(2)13(11)14(20)18-8-5-4-6-9-18/h10H,3-9H2,1-2H3,(H,16,19). The minimum atomic E-state index is -0.0757. The molecule has 2 amide bonds. The maximum Gasteiger partial charge on any atom is 0.274 e. The summed E-state index contributed by atoms with van der Waals surface area (Å²) in [4.78, 5) is 26.1. The van der Waals surface area contributed by atoms with Crippen LogP contribution in [0.5, 0.6) is 0 Å². The monoisotopic (exact) mass is 278 g/mol. The predicted molar refractivity (Wildman–Crippen MR) is 76.5 cm³/mol. The molecule has 1 aromatic heterocycles. The Morgan fingerprint density at radius 1 is 1.30 bits per heavy atom. The van der Waals surface area contributed by atoms with Crippen LogP contribution in [-0.4, -0.2) is 39.6 Å². The van der Waals surface area contributed by atoms with Crippen LogP contribution in [0.25, 0.3) is 0 Å². The molecule has 6 nitrogen and oxygen atoms in total. The lowest BCUT2D eigenvalue weighted by atomic mass is 10.1. The number of hydrogen-bond donors (Lipinski definition) is 1. The molecule has 0 aliphatic carbocycles. The number of likely N-dealkylation sites (tertiary alicyclic amines) is 1. The van der Waals surface area contributed by atoms with Crippen molar-refractivity contribution in [2.45, 2.75) is 39.0 Å². The molecule has 1 aliphatic heterocycles. The average Bonchev–Trinajstić information content (AvgIpc) is 2.80. The number of carbonyl (C=O) groups excluding carboxylic acids is 2. The minimum Gasteiger partial charge on any atom is -0.337 e. The minimum absolute atomic E-state index is 0.0449. The first-order valence-corrected chi connectivity index (χ1v) is 7.24. The van der Waals surface area contributed by atoms with Crippen LogP contribution in [0.15, 0.2) is 6.20 Å². The van der Waals surface area contributed by atoms with Gasteiger partial charge in [0.2, 0.25) is 5.91 Å². The van der Waals surface area contributed by atoms with Crippen LogP contribution in [0.4, 0.5) is 5.69 Å². The van der Waals surface area contributed by atoms with Gasteiger partial charge in [0.05, 0.1) is 11.9 Å². The third-order valence-electron chi connectivity index (χ3n) is 3.54. The molecule has 2 rings (SSSR count). The van der Waals surface area contributed by atoms with Gasteiger partial charge in [0, 0.05) is 26.6 Å². The summed E-state index contributed by atoms with van der Waals surface area (Å²) in [7, 11) is 1.73. The largest absolute Gasteiger partial charge is 0.337 e. The Kier molecular flexibility index (Phi) is 4.76. The van der Waals surface area contributed by atoms with E-state index in [9.17, 15) is 9.59 Å². The van der Waals surface area contributed by atoms with Gasteiger partial charge >= 0.3 is 0 Å². The molecule has 0 bridgehead atoms. The van der Waals surface area contributed by atoms with Gasteiger partial charge in [-0.15, -0.1) is 0 Å². The Balaban J connectivity index is 2.15. The molecule has 1 fully saturated rings. The van der Waals surface area contributed by atoms with Crippen LogP contribution in [0.3, 0.4) is 0 Å². The van der Waals surface area contributed by atoms with Gasteiger partial charge in [-0.25, -0.2) is 0 Å². The second kappa shape index (κ2) is 6.54. The molecule has 1 aliphatic rings. The van der Waals surface area contributed by atoms with Crippen molar-refractivity contribution in [3.8, 4) is 0 Å². The van der Waals surface area contributed by atoms with Gasteiger partial charge in [-0.05, 0) is 25.7 Å². The van der Waals surface area contributed by atoms with Crippen LogP contribution in [0, 0.1) is 0 Å². The van der Waals surface area contributed by atoms with E-state index >= 15 is 0 Å². The molecular formula is C14H22N4O2. The summed E-state index contributed by atoms with van der Waals surface area (Å²) < 4.78 is 1.54. The molecule has 0 unspecified atom stereocenters. The zero-order valence-corrected chi connectivity index (χ0v) is 12.2. The average molecular weight is 278 g/mol. The number of hydrogen-bond acceptors (Lipinski definition) is 3. The number of rotatable bonds is 4. The highest BCUT2D eigenvalue weighted by molar-refractivity contribution is 6.02. The van der Waals surface area contributed by atoms with E-state index in [1.165, 1.54) is 6.42 Å². The molecule has 0 radical (unpaired) electrons. The fourth-order valence-corrected chi connectivity index (χ4v) is 2.47. The van der Waals surface area contributed by atoms with Crippen molar-refractivity contribution in [2.24, 2.45) is 7.05 Å². The third-order valence-corrected chi connectivity index (χ3v) is 3.54. The molecular weight excluding hydrogens is 256 g/mol. The Morgan fingerprint density at radius 3 is 2.65 bits per heavy atom. The number of nitrogens with one attached hydrogen (secondary N) is 1. The molecule has 0 saturated carbocycles. The van der Waals surface area contributed by atoms with E-state index < -0.39 is 0 Å². The first-order valence-electron chi connectivity index (χ1n) is 7.24. The van der Waals surface area contributed by atoms with E-state index in [0.717, 1.165) is 32.4 Å². The Labute approximate surface area is 119 Å². The third kappa shape index (κ3) is 3.18. The summed E-state index contributed by atoms with van der Waals surface area (Å²) in [6.45, 7) is 3.52. The van der Waals surface area contributed by atoms with Crippen LogP contribution in [0.2, 0.25) is 0 Å². The van der Waals surface area contributed by atoms with Gasteiger partial charge in [0.15, 0.2) is 0 Å². The Morgan fingerprint density at radius 2 is 2.00 bits per heavy atom. The number of piperidine rings is 1. The van der Waals surface area contributed by atoms with E-state index in [1.807, 2.05) is 11.8 Å². The van der Waals surface area contributed by atoms with E-state index in [4.69, 9.17) is 0 Å². The van der Waals surface area contributed by atoms with E-state index in [1.54, 1.807) is 17.9 Å². The zero-order chi connectivity index (χ0) is 14.5. The Bertz CT molecular complexity index is 489. The van der Waals surface area contributed by atoms with Crippen LogP contribution in [-0.2, 0) is 11.8 Å². The van der Waals surface area contributed by atoms with Crippen molar-refractivity contribution in [3.05, 3.63) is 11.9 Å². The van der Waals surface area contributed by atoms with Crippen molar-refractivity contribution in [1.82, 2.24) is 14.7 Å². The van der Waals surface area contributed by atoms with Crippen LogP contribution in [0.1, 0.15) is 49.5 Å². The molecule has 0 atom stereocenters. The van der Waals surface area contributed by atoms with E-state index in [-0.39, 0.29) is 11.8 Å². The maximum atomic E-state index is 12.6. The molecule has 1 aromatic rings. The van der Waals surface area contributed by atoms with Gasteiger partial charge in [0.25, 0.3) is 5.91 Å². The van der Waals surface area contributed by atoms with Gasteiger partial charge in [0.1, 0.15) is 5.69 Å². The van der Waals surface area contributed by atoms with Gasteiger partial charge in [-0.2, -0.15) is 5.10 Å². The predicted octanol–water partition coefficient (Wildman–Crippen LogP) is 1.78.